The fourth-order valence-electron chi connectivity index (χ4n) is 5.54. The van der Waals surface area contributed by atoms with Crippen LogP contribution in [-0.2, 0) is 17.7 Å². The Bertz CT molecular complexity index is 1600. The zero-order valence-electron chi connectivity index (χ0n) is 19.9. The highest BCUT2D eigenvalue weighted by Gasteiger charge is 2.27. The summed E-state index contributed by atoms with van der Waals surface area (Å²) in [6.07, 6.45) is 3.90. The van der Waals surface area contributed by atoms with E-state index in [0.717, 1.165) is 35.3 Å². The normalized spacial score (nSPS) is 16.4. The Kier molecular flexibility index (Phi) is 5.37. The molecule has 0 aliphatic carbocycles. The van der Waals surface area contributed by atoms with Gasteiger partial charge in [-0.1, -0.05) is 12.1 Å². The number of nitrogens with one attached hydrogen (secondary N) is 1. The Labute approximate surface area is 206 Å². The number of aromatic amines is 1. The lowest BCUT2D eigenvalue weighted by Crippen LogP contribution is -2.37. The number of carboxylic acids is 1. The van der Waals surface area contributed by atoms with E-state index in [1.807, 2.05) is 23.5 Å². The number of fused-ring (bicyclic) bond motifs is 4. The highest BCUT2D eigenvalue weighted by atomic mass is 16.5. The van der Waals surface area contributed by atoms with Gasteiger partial charge < -0.3 is 19.7 Å². The van der Waals surface area contributed by atoms with E-state index in [1.165, 1.54) is 0 Å². The van der Waals surface area contributed by atoms with Gasteiger partial charge in [-0.05, 0) is 61.1 Å². The van der Waals surface area contributed by atoms with Crippen LogP contribution in [0.3, 0.4) is 0 Å². The molecule has 4 aromatic rings. The van der Waals surface area contributed by atoms with Crippen molar-refractivity contribution < 1.29 is 19.4 Å². The molecular formula is C27H26N4O5. The summed E-state index contributed by atoms with van der Waals surface area (Å²) in [4.78, 5) is 47.5. The molecule has 0 radical (unpaired) electrons. The van der Waals surface area contributed by atoms with Crippen molar-refractivity contribution in [2.45, 2.75) is 38.6 Å². The van der Waals surface area contributed by atoms with E-state index in [-0.39, 0.29) is 29.5 Å². The molecule has 2 N–H and O–H groups in total. The maximum atomic E-state index is 13.6. The summed E-state index contributed by atoms with van der Waals surface area (Å²) in [5, 5.41) is 9.60. The van der Waals surface area contributed by atoms with E-state index in [4.69, 9.17) is 4.74 Å². The minimum atomic E-state index is -0.995. The SMILES string of the molecule is Cc1cc2c(cc1C(=O)N1CCc3cccc(C(=O)O)c3C1)[nH]c(=O)c1cnc(C3CCOCC3)n12. The average Bonchev–Trinajstić information content (AvgIpc) is 3.34. The standard InChI is InChI=1S/C27H26N4O5/c1-15-11-22-21(29-25(32)23-13-28-24(31(22)23)17-6-9-36-10-7-17)12-19(15)26(33)30-8-5-16-3-2-4-18(27(34)35)20(16)14-30/h2-4,11-13,17H,5-10,14H2,1H3,(H,29,32)(H,34,35). The van der Waals surface area contributed by atoms with Gasteiger partial charge in [0.05, 0.1) is 22.8 Å². The van der Waals surface area contributed by atoms with E-state index >= 15 is 0 Å². The number of carboxylic acid groups (broad SMARTS) is 1. The molecule has 1 saturated heterocycles. The maximum absolute atomic E-state index is 13.6. The second kappa shape index (κ2) is 8.60. The Morgan fingerprint density at radius 1 is 1.14 bits per heavy atom. The summed E-state index contributed by atoms with van der Waals surface area (Å²) in [5.74, 6) is -0.136. The molecule has 0 saturated carbocycles. The first kappa shape index (κ1) is 22.5. The van der Waals surface area contributed by atoms with Crippen LogP contribution in [-0.4, -0.2) is 56.0 Å². The van der Waals surface area contributed by atoms with Crippen molar-refractivity contribution in [3.05, 3.63) is 80.5 Å². The zero-order chi connectivity index (χ0) is 25.0. The lowest BCUT2D eigenvalue weighted by atomic mass is 9.94. The zero-order valence-corrected chi connectivity index (χ0v) is 19.9. The molecule has 2 aliphatic heterocycles. The van der Waals surface area contributed by atoms with Crippen LogP contribution in [0.4, 0.5) is 0 Å². The third-order valence-electron chi connectivity index (χ3n) is 7.46. The van der Waals surface area contributed by atoms with Crippen LogP contribution in [0.5, 0.6) is 0 Å². The Hall–Kier alpha value is -3.98. The summed E-state index contributed by atoms with van der Waals surface area (Å²) < 4.78 is 7.42. The number of aromatic nitrogens is 3. The fourth-order valence-corrected chi connectivity index (χ4v) is 5.54. The molecule has 2 aromatic carbocycles. The number of aromatic carboxylic acids is 1. The lowest BCUT2D eigenvalue weighted by molar-refractivity contribution is 0.0677. The van der Waals surface area contributed by atoms with Crippen molar-refractivity contribution in [1.82, 2.24) is 19.3 Å². The van der Waals surface area contributed by atoms with Gasteiger partial charge in [-0.25, -0.2) is 9.78 Å². The van der Waals surface area contributed by atoms with Crippen molar-refractivity contribution in [2.24, 2.45) is 0 Å². The Morgan fingerprint density at radius 3 is 2.72 bits per heavy atom. The van der Waals surface area contributed by atoms with Gasteiger partial charge in [-0.2, -0.15) is 0 Å². The summed E-state index contributed by atoms with van der Waals surface area (Å²) >= 11 is 0. The molecule has 2 aliphatic rings. The highest BCUT2D eigenvalue weighted by Crippen LogP contribution is 2.30. The smallest absolute Gasteiger partial charge is 0.336 e. The van der Waals surface area contributed by atoms with Crippen LogP contribution < -0.4 is 5.56 Å². The van der Waals surface area contributed by atoms with Crippen molar-refractivity contribution >= 4 is 28.4 Å². The Morgan fingerprint density at radius 2 is 1.94 bits per heavy atom. The minimum Gasteiger partial charge on any atom is -0.478 e. The molecule has 0 atom stereocenters. The molecule has 6 rings (SSSR count). The largest absolute Gasteiger partial charge is 0.478 e. The molecule has 36 heavy (non-hydrogen) atoms. The number of hydrogen-bond donors (Lipinski definition) is 2. The summed E-state index contributed by atoms with van der Waals surface area (Å²) in [5.41, 5.74) is 4.73. The number of benzene rings is 2. The molecular weight excluding hydrogens is 460 g/mol. The van der Waals surface area contributed by atoms with Gasteiger partial charge in [-0.15, -0.1) is 0 Å². The van der Waals surface area contributed by atoms with Crippen LogP contribution in [0.25, 0.3) is 16.6 Å². The van der Waals surface area contributed by atoms with E-state index in [2.05, 4.69) is 9.97 Å². The molecule has 0 bridgehead atoms. The van der Waals surface area contributed by atoms with Gasteiger partial charge in [0.2, 0.25) is 0 Å². The average molecular weight is 487 g/mol. The monoisotopic (exact) mass is 486 g/mol. The number of H-pyrrole nitrogens is 1. The first-order chi connectivity index (χ1) is 17.4. The fraction of sp³-hybridized carbons (Fsp3) is 0.333. The molecule has 1 amide bonds. The van der Waals surface area contributed by atoms with E-state index in [9.17, 15) is 19.5 Å². The van der Waals surface area contributed by atoms with Gasteiger partial charge >= 0.3 is 5.97 Å². The molecule has 184 valence electrons. The van der Waals surface area contributed by atoms with Crippen LogP contribution in [0.15, 0.2) is 41.3 Å². The van der Waals surface area contributed by atoms with Gasteiger partial charge in [0.15, 0.2) is 0 Å². The Balaban J connectivity index is 1.42. The second-order valence-corrected chi connectivity index (χ2v) is 9.59. The predicted octanol–water partition coefficient (Wildman–Crippen LogP) is 3.27. The van der Waals surface area contributed by atoms with E-state index < -0.39 is 5.97 Å². The summed E-state index contributed by atoms with van der Waals surface area (Å²) in [6, 6.07) is 8.90. The summed E-state index contributed by atoms with van der Waals surface area (Å²) in [6.45, 7) is 3.95. The molecule has 0 spiro atoms. The molecule has 4 heterocycles. The third-order valence-corrected chi connectivity index (χ3v) is 7.46. The molecule has 0 unspecified atom stereocenters. The number of imidazole rings is 1. The first-order valence-corrected chi connectivity index (χ1v) is 12.2. The van der Waals surface area contributed by atoms with Gasteiger partial charge in [-0.3, -0.25) is 14.0 Å². The van der Waals surface area contributed by atoms with Crippen LogP contribution in [0.2, 0.25) is 0 Å². The quantitative estimate of drug-likeness (QED) is 0.459. The topological polar surface area (TPSA) is 117 Å². The van der Waals surface area contributed by atoms with Gasteiger partial charge in [0.25, 0.3) is 11.5 Å². The number of carbonyl (C=O) groups is 2. The molecule has 9 nitrogen and oxygen atoms in total. The highest BCUT2D eigenvalue weighted by molar-refractivity contribution is 5.99. The molecule has 1 fully saturated rings. The van der Waals surface area contributed by atoms with E-state index in [0.29, 0.717) is 48.3 Å². The number of amides is 1. The number of carbonyl (C=O) groups excluding carboxylic acids is 1. The van der Waals surface area contributed by atoms with Crippen molar-refractivity contribution in [2.75, 3.05) is 19.8 Å². The third kappa shape index (κ3) is 3.58. The predicted molar refractivity (Wildman–Crippen MR) is 133 cm³/mol. The van der Waals surface area contributed by atoms with Crippen molar-refractivity contribution in [1.29, 1.82) is 0 Å². The summed E-state index contributed by atoms with van der Waals surface area (Å²) in [7, 11) is 0. The van der Waals surface area contributed by atoms with Crippen LogP contribution >= 0.6 is 0 Å². The number of aryl methyl sites for hydroxylation is 1. The van der Waals surface area contributed by atoms with Crippen LogP contribution in [0, 0.1) is 6.92 Å². The number of rotatable bonds is 3. The van der Waals surface area contributed by atoms with Crippen LogP contribution in [0.1, 0.15) is 62.0 Å². The van der Waals surface area contributed by atoms with Gasteiger partial charge in [0, 0.05) is 37.8 Å². The minimum absolute atomic E-state index is 0.184. The molecule has 9 heteroatoms. The maximum Gasteiger partial charge on any atom is 0.336 e. The van der Waals surface area contributed by atoms with Gasteiger partial charge in [0.1, 0.15) is 11.3 Å². The van der Waals surface area contributed by atoms with Crippen molar-refractivity contribution in [3.63, 3.8) is 0 Å². The lowest BCUT2D eigenvalue weighted by Gasteiger charge is -2.30. The number of nitrogens with zero attached hydrogens (tertiary/aromatic N) is 3. The van der Waals surface area contributed by atoms with E-state index in [1.54, 1.807) is 29.3 Å². The second-order valence-electron chi connectivity index (χ2n) is 9.59. The van der Waals surface area contributed by atoms with Crippen molar-refractivity contribution in [3.8, 4) is 0 Å². The number of ether oxygens (including phenoxy) is 1. The molecule has 2 aromatic heterocycles. The number of hydrogen-bond acceptors (Lipinski definition) is 5. The first-order valence-electron chi connectivity index (χ1n) is 12.2.